The Morgan fingerprint density at radius 3 is 2.79 bits per heavy atom. The van der Waals surface area contributed by atoms with Gasteiger partial charge >= 0.3 is 5.97 Å². The molecule has 1 atom stereocenters. The third kappa shape index (κ3) is 2.94. The molecule has 0 fully saturated rings. The van der Waals surface area contributed by atoms with Crippen molar-refractivity contribution in [2.75, 3.05) is 11.9 Å². The van der Waals surface area contributed by atoms with E-state index in [2.05, 4.69) is 5.32 Å². The first kappa shape index (κ1) is 17.9. The van der Waals surface area contributed by atoms with Crippen LogP contribution in [0.1, 0.15) is 44.9 Å². The monoisotopic (exact) mass is 381 g/mol. The fourth-order valence-electron chi connectivity index (χ4n) is 3.26. The fraction of sp³-hybridized carbons (Fsp3) is 0.190. The van der Waals surface area contributed by atoms with Crippen LogP contribution in [0, 0.1) is 12.7 Å². The Morgan fingerprint density at radius 2 is 2.00 bits per heavy atom. The first-order valence-electron chi connectivity index (χ1n) is 8.69. The number of amides is 1. The molecule has 3 aromatic rings. The van der Waals surface area contributed by atoms with Crippen molar-refractivity contribution in [2.24, 2.45) is 0 Å². The Balaban J connectivity index is 1.49. The van der Waals surface area contributed by atoms with Crippen molar-refractivity contribution in [2.45, 2.75) is 19.8 Å². The van der Waals surface area contributed by atoms with E-state index in [9.17, 15) is 18.8 Å². The zero-order valence-corrected chi connectivity index (χ0v) is 15.2. The van der Waals surface area contributed by atoms with Crippen LogP contribution in [-0.2, 0) is 9.53 Å². The quantitative estimate of drug-likeness (QED) is 0.546. The zero-order valence-electron chi connectivity index (χ0n) is 15.2. The van der Waals surface area contributed by atoms with Crippen molar-refractivity contribution >= 4 is 34.3 Å². The average Bonchev–Trinajstić information content (AvgIpc) is 3.16. The summed E-state index contributed by atoms with van der Waals surface area (Å²) in [7, 11) is 0. The maximum Gasteiger partial charge on any atom is 0.375 e. The van der Waals surface area contributed by atoms with Gasteiger partial charge in [-0.2, -0.15) is 0 Å². The number of carbonyl (C=O) groups excluding carboxylic acids is 3. The van der Waals surface area contributed by atoms with Gasteiger partial charge in [-0.25, -0.2) is 9.18 Å². The topological polar surface area (TPSA) is 85.6 Å². The first-order valence-corrected chi connectivity index (χ1v) is 8.69. The van der Waals surface area contributed by atoms with E-state index in [1.165, 1.54) is 18.2 Å². The number of anilines is 1. The predicted molar refractivity (Wildman–Crippen MR) is 99.0 cm³/mol. The lowest BCUT2D eigenvalue weighted by atomic mass is 9.99. The van der Waals surface area contributed by atoms with Gasteiger partial charge in [-0.3, -0.25) is 9.59 Å². The van der Waals surface area contributed by atoms with Crippen LogP contribution < -0.4 is 5.32 Å². The number of hydrogen-bond acceptors (Lipinski definition) is 5. The molecular formula is C21H16FNO5. The van der Waals surface area contributed by atoms with Gasteiger partial charge < -0.3 is 14.5 Å². The SMILES string of the molecule is Cc1c(C(=O)OCC(=O)c2ccc3c(c2)[C@H](C)C(=O)N3)oc2ccc(F)cc12. The smallest absolute Gasteiger partial charge is 0.375 e. The number of nitrogens with one attached hydrogen (secondary N) is 1. The Labute approximate surface area is 159 Å². The molecule has 1 N–H and O–H groups in total. The second kappa shape index (κ2) is 6.60. The average molecular weight is 381 g/mol. The molecule has 142 valence electrons. The number of benzene rings is 2. The molecule has 7 heteroatoms. The number of hydrogen-bond donors (Lipinski definition) is 1. The number of Topliss-reactive ketones (excluding diaryl/α,β-unsaturated/α-hetero) is 1. The lowest BCUT2D eigenvalue weighted by Crippen LogP contribution is -2.14. The van der Waals surface area contributed by atoms with E-state index in [0.717, 1.165) is 5.56 Å². The number of carbonyl (C=O) groups is 3. The van der Waals surface area contributed by atoms with Crippen molar-refractivity contribution < 1.29 is 27.9 Å². The van der Waals surface area contributed by atoms with Crippen molar-refractivity contribution in [3.05, 3.63) is 64.7 Å². The van der Waals surface area contributed by atoms with E-state index in [-0.39, 0.29) is 17.6 Å². The molecule has 0 saturated heterocycles. The number of ketones is 1. The van der Waals surface area contributed by atoms with Gasteiger partial charge in [-0.1, -0.05) is 0 Å². The maximum atomic E-state index is 13.4. The van der Waals surface area contributed by atoms with E-state index in [0.29, 0.717) is 27.8 Å². The van der Waals surface area contributed by atoms with Gasteiger partial charge in [0, 0.05) is 22.2 Å². The van der Waals surface area contributed by atoms with E-state index < -0.39 is 24.2 Å². The Kier molecular flexibility index (Phi) is 4.22. The van der Waals surface area contributed by atoms with Crippen LogP contribution in [0.3, 0.4) is 0 Å². The Hall–Kier alpha value is -3.48. The van der Waals surface area contributed by atoms with Crippen LogP contribution >= 0.6 is 0 Å². The van der Waals surface area contributed by atoms with Crippen LogP contribution in [0.4, 0.5) is 10.1 Å². The molecule has 0 aliphatic carbocycles. The summed E-state index contributed by atoms with van der Waals surface area (Å²) < 4.78 is 23.9. The van der Waals surface area contributed by atoms with Crippen LogP contribution in [0.15, 0.2) is 40.8 Å². The normalized spacial score (nSPS) is 15.4. The molecule has 2 heterocycles. The van der Waals surface area contributed by atoms with Gasteiger partial charge in [0.15, 0.2) is 12.4 Å². The molecule has 4 rings (SSSR count). The Morgan fingerprint density at radius 1 is 1.21 bits per heavy atom. The minimum Gasteiger partial charge on any atom is -0.451 e. The summed E-state index contributed by atoms with van der Waals surface area (Å²) in [6.45, 7) is 2.90. The van der Waals surface area contributed by atoms with E-state index >= 15 is 0 Å². The number of fused-ring (bicyclic) bond motifs is 2. The van der Waals surface area contributed by atoms with E-state index in [1.54, 1.807) is 32.0 Å². The summed E-state index contributed by atoms with van der Waals surface area (Å²) in [6.07, 6.45) is 0. The highest BCUT2D eigenvalue weighted by Gasteiger charge is 2.27. The second-order valence-corrected chi connectivity index (χ2v) is 6.71. The molecule has 6 nitrogen and oxygen atoms in total. The summed E-state index contributed by atoms with van der Waals surface area (Å²) >= 11 is 0. The standard InChI is InChI=1S/C21H16FNO5/c1-10-15-8-13(22)4-6-18(15)28-19(10)21(26)27-9-17(24)12-3-5-16-14(7-12)11(2)20(25)23-16/h3-8,11H,9H2,1-2H3,(H,23,25)/t11-/m0/s1. The number of rotatable bonds is 4. The number of aryl methyl sites for hydroxylation is 1. The molecule has 1 aliphatic heterocycles. The van der Waals surface area contributed by atoms with Gasteiger partial charge in [-0.15, -0.1) is 0 Å². The lowest BCUT2D eigenvalue weighted by molar-refractivity contribution is -0.116. The highest BCUT2D eigenvalue weighted by molar-refractivity contribution is 6.05. The first-order chi connectivity index (χ1) is 13.3. The molecule has 1 aliphatic rings. The molecule has 28 heavy (non-hydrogen) atoms. The van der Waals surface area contributed by atoms with Crippen LogP contribution in [0.5, 0.6) is 0 Å². The molecule has 1 amide bonds. The zero-order chi connectivity index (χ0) is 20.0. The molecular weight excluding hydrogens is 365 g/mol. The lowest BCUT2D eigenvalue weighted by Gasteiger charge is -2.06. The predicted octanol–water partition coefficient (Wildman–Crippen LogP) is 3.98. The second-order valence-electron chi connectivity index (χ2n) is 6.71. The van der Waals surface area contributed by atoms with Gasteiger partial charge in [-0.05, 0) is 55.8 Å². The highest BCUT2D eigenvalue weighted by Crippen LogP contribution is 2.33. The summed E-state index contributed by atoms with van der Waals surface area (Å²) in [4.78, 5) is 36.4. The summed E-state index contributed by atoms with van der Waals surface area (Å²) in [5.41, 5.74) is 2.57. The molecule has 1 aromatic heterocycles. The third-order valence-electron chi connectivity index (χ3n) is 4.91. The van der Waals surface area contributed by atoms with Gasteiger partial charge in [0.05, 0.1) is 5.92 Å². The fourth-order valence-corrected chi connectivity index (χ4v) is 3.26. The molecule has 2 aromatic carbocycles. The highest BCUT2D eigenvalue weighted by atomic mass is 19.1. The number of halogens is 1. The van der Waals surface area contributed by atoms with Gasteiger partial charge in [0.25, 0.3) is 0 Å². The molecule has 0 unspecified atom stereocenters. The number of ether oxygens (including phenoxy) is 1. The third-order valence-corrected chi connectivity index (χ3v) is 4.91. The summed E-state index contributed by atoms with van der Waals surface area (Å²) in [5.74, 6) is -2.17. The van der Waals surface area contributed by atoms with Gasteiger partial charge in [0.2, 0.25) is 11.7 Å². The molecule has 0 saturated carbocycles. The van der Waals surface area contributed by atoms with Crippen molar-refractivity contribution in [1.82, 2.24) is 0 Å². The van der Waals surface area contributed by atoms with Crippen molar-refractivity contribution in [1.29, 1.82) is 0 Å². The molecule has 0 radical (unpaired) electrons. The number of furan rings is 1. The van der Waals surface area contributed by atoms with Crippen LogP contribution in [0.25, 0.3) is 11.0 Å². The Bertz CT molecular complexity index is 1150. The minimum absolute atomic E-state index is 0.0641. The van der Waals surface area contributed by atoms with E-state index in [1.807, 2.05) is 0 Å². The summed E-state index contributed by atoms with van der Waals surface area (Å²) in [6, 6.07) is 8.80. The number of esters is 1. The van der Waals surface area contributed by atoms with Crippen LogP contribution in [-0.4, -0.2) is 24.3 Å². The van der Waals surface area contributed by atoms with Crippen LogP contribution in [0.2, 0.25) is 0 Å². The summed E-state index contributed by atoms with van der Waals surface area (Å²) in [5, 5.41) is 3.21. The largest absolute Gasteiger partial charge is 0.451 e. The molecule has 0 bridgehead atoms. The van der Waals surface area contributed by atoms with E-state index in [4.69, 9.17) is 9.15 Å². The van der Waals surface area contributed by atoms with Crippen molar-refractivity contribution in [3.63, 3.8) is 0 Å². The van der Waals surface area contributed by atoms with Crippen molar-refractivity contribution in [3.8, 4) is 0 Å². The van der Waals surface area contributed by atoms with Gasteiger partial charge in [0.1, 0.15) is 11.4 Å². The minimum atomic E-state index is -0.797. The maximum absolute atomic E-state index is 13.4. The molecule has 0 spiro atoms.